The number of thiophene rings is 1. The Labute approximate surface area is 159 Å². The van der Waals surface area contributed by atoms with Gasteiger partial charge in [-0.05, 0) is 42.6 Å². The van der Waals surface area contributed by atoms with Crippen LogP contribution in [0.25, 0.3) is 10.7 Å². The zero-order valence-electron chi connectivity index (χ0n) is 14.0. The number of Topliss-reactive ketones (excluding diaryl/α,β-unsaturated/α-hetero) is 1. The zero-order valence-corrected chi connectivity index (χ0v) is 16.4. The summed E-state index contributed by atoms with van der Waals surface area (Å²) in [7, 11) is -3.34. The van der Waals surface area contributed by atoms with E-state index in [0.717, 1.165) is 11.1 Å². The lowest BCUT2D eigenvalue weighted by atomic mass is 10.1. The van der Waals surface area contributed by atoms with Crippen LogP contribution in [-0.2, 0) is 10.0 Å². The number of ketones is 1. The highest BCUT2D eigenvalue weighted by atomic mass is 32.2. The number of nitrogens with one attached hydrogen (secondary N) is 2. The number of nitrogens with zero attached hydrogens (tertiary/aromatic N) is 2. The normalized spacial score (nSPS) is 12.7. The molecule has 1 atom stereocenters. The van der Waals surface area contributed by atoms with E-state index in [1.165, 1.54) is 11.8 Å². The first-order valence-corrected chi connectivity index (χ1v) is 11.2. The largest absolute Gasteiger partial charge is 0.293 e. The lowest BCUT2D eigenvalue weighted by Gasteiger charge is -2.09. The number of rotatable bonds is 7. The van der Waals surface area contributed by atoms with Crippen molar-refractivity contribution in [1.29, 1.82) is 0 Å². The molecule has 2 heterocycles. The van der Waals surface area contributed by atoms with Crippen LogP contribution in [0.3, 0.4) is 0 Å². The van der Waals surface area contributed by atoms with Crippen molar-refractivity contribution < 1.29 is 13.2 Å². The first-order valence-electron chi connectivity index (χ1n) is 7.57. The number of aromatic nitrogens is 3. The fourth-order valence-corrected chi connectivity index (χ4v) is 4.22. The van der Waals surface area contributed by atoms with Crippen LogP contribution in [0.2, 0.25) is 0 Å². The van der Waals surface area contributed by atoms with Gasteiger partial charge in [-0.15, -0.1) is 16.4 Å². The molecular formula is C16H16N4O3S3. The quantitative estimate of drug-likeness (QED) is 0.459. The van der Waals surface area contributed by atoms with E-state index in [2.05, 4.69) is 19.9 Å². The van der Waals surface area contributed by atoms with Crippen molar-refractivity contribution in [3.63, 3.8) is 0 Å². The second kappa shape index (κ2) is 7.60. The van der Waals surface area contributed by atoms with E-state index in [9.17, 15) is 13.2 Å². The van der Waals surface area contributed by atoms with E-state index in [4.69, 9.17) is 0 Å². The fourth-order valence-electron chi connectivity index (χ4n) is 2.19. The molecule has 0 saturated carbocycles. The Morgan fingerprint density at radius 3 is 2.62 bits per heavy atom. The summed E-state index contributed by atoms with van der Waals surface area (Å²) in [6.07, 6.45) is 1.08. The molecule has 1 unspecified atom stereocenters. The van der Waals surface area contributed by atoms with Gasteiger partial charge in [-0.1, -0.05) is 17.8 Å². The number of carbonyl (C=O) groups is 1. The van der Waals surface area contributed by atoms with Crippen molar-refractivity contribution in [3.8, 4) is 10.7 Å². The standard InChI is InChI=1S/C16H16N4O3S3/c1-10(25-16-17-15(18-19-16)13-4-3-9-24-13)14(21)11-5-7-12(8-6-11)20-26(2,22)23/h3-10,20H,1-2H3,(H,17,18,19). The van der Waals surface area contributed by atoms with Gasteiger partial charge in [0.25, 0.3) is 0 Å². The molecule has 7 nitrogen and oxygen atoms in total. The molecule has 3 aromatic rings. The molecule has 1 aromatic carbocycles. The molecule has 2 aromatic heterocycles. The summed E-state index contributed by atoms with van der Waals surface area (Å²) in [6.45, 7) is 1.79. The van der Waals surface area contributed by atoms with E-state index in [1.807, 2.05) is 17.5 Å². The van der Waals surface area contributed by atoms with Crippen molar-refractivity contribution in [2.45, 2.75) is 17.3 Å². The Morgan fingerprint density at radius 1 is 1.27 bits per heavy atom. The molecule has 136 valence electrons. The molecule has 0 aliphatic heterocycles. The van der Waals surface area contributed by atoms with Gasteiger partial charge in [-0.3, -0.25) is 14.6 Å². The summed E-state index contributed by atoms with van der Waals surface area (Å²) in [5.41, 5.74) is 0.914. The number of hydrogen-bond donors (Lipinski definition) is 2. The van der Waals surface area contributed by atoms with Crippen molar-refractivity contribution in [3.05, 3.63) is 47.3 Å². The number of H-pyrrole nitrogens is 1. The Kier molecular flexibility index (Phi) is 5.44. The average molecular weight is 409 g/mol. The van der Waals surface area contributed by atoms with Crippen LogP contribution < -0.4 is 4.72 Å². The van der Waals surface area contributed by atoms with Gasteiger partial charge in [0.15, 0.2) is 11.6 Å². The second-order valence-corrected chi connectivity index (χ2v) is 9.52. The molecule has 0 spiro atoms. The minimum Gasteiger partial charge on any atom is -0.293 e. The van der Waals surface area contributed by atoms with Gasteiger partial charge in [0.05, 0.1) is 16.4 Å². The summed E-state index contributed by atoms with van der Waals surface area (Å²) in [4.78, 5) is 17.9. The maximum absolute atomic E-state index is 12.6. The van der Waals surface area contributed by atoms with Gasteiger partial charge in [0.2, 0.25) is 15.2 Å². The van der Waals surface area contributed by atoms with Crippen LogP contribution in [-0.4, -0.2) is 40.9 Å². The second-order valence-electron chi connectivity index (χ2n) is 5.52. The van der Waals surface area contributed by atoms with E-state index < -0.39 is 10.0 Å². The van der Waals surface area contributed by atoms with E-state index in [1.54, 1.807) is 42.5 Å². The Bertz CT molecular complexity index is 996. The summed E-state index contributed by atoms with van der Waals surface area (Å²) in [5, 5.41) is 9.10. The lowest BCUT2D eigenvalue weighted by Crippen LogP contribution is -2.14. The predicted molar refractivity (Wildman–Crippen MR) is 104 cm³/mol. The molecule has 0 radical (unpaired) electrons. The number of hydrogen-bond acceptors (Lipinski definition) is 7. The van der Waals surface area contributed by atoms with Gasteiger partial charge in [0.1, 0.15) is 0 Å². The first-order chi connectivity index (χ1) is 12.3. The van der Waals surface area contributed by atoms with Crippen LogP contribution in [0.15, 0.2) is 46.9 Å². The molecule has 26 heavy (non-hydrogen) atoms. The minimum absolute atomic E-state index is 0.0802. The van der Waals surface area contributed by atoms with Crippen molar-refractivity contribution in [1.82, 2.24) is 15.2 Å². The van der Waals surface area contributed by atoms with Gasteiger partial charge >= 0.3 is 0 Å². The highest BCUT2D eigenvalue weighted by Crippen LogP contribution is 2.27. The number of thioether (sulfide) groups is 1. The van der Waals surface area contributed by atoms with Gasteiger partial charge in [0, 0.05) is 11.3 Å². The van der Waals surface area contributed by atoms with E-state index in [0.29, 0.717) is 22.2 Å². The van der Waals surface area contributed by atoms with Gasteiger partial charge in [-0.2, -0.15) is 0 Å². The molecule has 3 rings (SSSR count). The van der Waals surface area contributed by atoms with Gasteiger partial charge in [-0.25, -0.2) is 13.4 Å². The summed E-state index contributed by atoms with van der Waals surface area (Å²) in [6, 6.07) is 10.2. The van der Waals surface area contributed by atoms with E-state index >= 15 is 0 Å². The number of anilines is 1. The number of aromatic amines is 1. The number of sulfonamides is 1. The maximum Gasteiger partial charge on any atom is 0.229 e. The Balaban J connectivity index is 1.66. The average Bonchev–Trinajstić information content (AvgIpc) is 3.24. The maximum atomic E-state index is 12.6. The lowest BCUT2D eigenvalue weighted by molar-refractivity contribution is 0.0994. The number of carbonyl (C=O) groups excluding carboxylic acids is 1. The molecule has 0 aliphatic carbocycles. The molecular weight excluding hydrogens is 392 g/mol. The van der Waals surface area contributed by atoms with Crippen LogP contribution in [0.5, 0.6) is 0 Å². The molecule has 0 fully saturated rings. The summed E-state index contributed by atoms with van der Waals surface area (Å²) in [5.74, 6) is 0.599. The third-order valence-corrected chi connectivity index (χ3v) is 5.79. The van der Waals surface area contributed by atoms with Crippen LogP contribution in [0.4, 0.5) is 5.69 Å². The highest BCUT2D eigenvalue weighted by Gasteiger charge is 2.19. The topological polar surface area (TPSA) is 105 Å². The number of benzene rings is 1. The summed E-state index contributed by atoms with van der Waals surface area (Å²) < 4.78 is 24.8. The monoisotopic (exact) mass is 408 g/mol. The zero-order chi connectivity index (χ0) is 18.7. The molecule has 0 bridgehead atoms. The summed E-state index contributed by atoms with van der Waals surface area (Å²) >= 11 is 2.83. The van der Waals surface area contributed by atoms with Crippen LogP contribution >= 0.6 is 23.1 Å². The molecule has 0 amide bonds. The SMILES string of the molecule is CC(Sc1n[nH]c(-c2cccs2)n1)C(=O)c1ccc(NS(C)(=O)=O)cc1. The Hall–Kier alpha value is -2.17. The Morgan fingerprint density at radius 2 is 2.00 bits per heavy atom. The van der Waals surface area contributed by atoms with Crippen molar-refractivity contribution >= 4 is 44.6 Å². The van der Waals surface area contributed by atoms with Crippen molar-refractivity contribution in [2.24, 2.45) is 0 Å². The molecule has 10 heteroatoms. The minimum atomic E-state index is -3.34. The molecule has 0 saturated heterocycles. The van der Waals surface area contributed by atoms with Crippen molar-refractivity contribution in [2.75, 3.05) is 11.0 Å². The third-order valence-electron chi connectivity index (χ3n) is 3.34. The van der Waals surface area contributed by atoms with Crippen LogP contribution in [0.1, 0.15) is 17.3 Å². The highest BCUT2D eigenvalue weighted by molar-refractivity contribution is 8.00. The van der Waals surface area contributed by atoms with E-state index in [-0.39, 0.29) is 11.0 Å². The van der Waals surface area contributed by atoms with Crippen LogP contribution in [0, 0.1) is 0 Å². The molecule has 2 N–H and O–H groups in total. The fraction of sp³-hybridized carbons (Fsp3) is 0.188. The third kappa shape index (κ3) is 4.71. The van der Waals surface area contributed by atoms with Gasteiger partial charge < -0.3 is 0 Å². The first kappa shape index (κ1) is 18.6. The molecule has 0 aliphatic rings. The predicted octanol–water partition coefficient (Wildman–Crippen LogP) is 3.27. The smallest absolute Gasteiger partial charge is 0.229 e.